The number of benzene rings is 1. The second-order valence-corrected chi connectivity index (χ2v) is 11.8. The lowest BCUT2D eigenvalue weighted by atomic mass is 10.0. The third-order valence-corrected chi connectivity index (χ3v) is 9.16. The molecule has 3 atom stereocenters. The number of aromatic nitrogens is 3. The van der Waals surface area contributed by atoms with Gasteiger partial charge in [-0.3, -0.25) is 4.98 Å². The van der Waals surface area contributed by atoms with E-state index in [4.69, 9.17) is 9.72 Å². The Hall–Kier alpha value is -2.54. The van der Waals surface area contributed by atoms with Gasteiger partial charge in [0.25, 0.3) is 0 Å². The number of ether oxygens (including phenoxy) is 1. The number of fused-ring (bicyclic) bond motifs is 3. The summed E-state index contributed by atoms with van der Waals surface area (Å²) in [6.45, 7) is 3.85. The summed E-state index contributed by atoms with van der Waals surface area (Å²) >= 11 is 0. The Bertz CT molecular complexity index is 1390. The zero-order chi connectivity index (χ0) is 22.7. The molecule has 8 nitrogen and oxygen atoms in total. The first-order valence-electron chi connectivity index (χ1n) is 11.7. The molecular weight excluding hydrogens is 438 g/mol. The van der Waals surface area contributed by atoms with E-state index in [0.717, 1.165) is 53.4 Å². The fourth-order valence-corrected chi connectivity index (χ4v) is 7.25. The molecule has 9 heteroatoms. The molecule has 1 aromatic carbocycles. The van der Waals surface area contributed by atoms with Gasteiger partial charge in [0.1, 0.15) is 11.3 Å². The first-order valence-corrected chi connectivity index (χ1v) is 13.3. The van der Waals surface area contributed by atoms with Crippen LogP contribution in [0.2, 0.25) is 0 Å². The minimum absolute atomic E-state index is 0.0939. The summed E-state index contributed by atoms with van der Waals surface area (Å²) in [7, 11) is -3.29. The Morgan fingerprint density at radius 1 is 1.24 bits per heavy atom. The fourth-order valence-electron chi connectivity index (χ4n) is 5.44. The van der Waals surface area contributed by atoms with Crippen LogP contribution in [0.3, 0.4) is 0 Å². The molecular formula is C24H27N5O3S. The van der Waals surface area contributed by atoms with Crippen LogP contribution in [-0.4, -0.2) is 58.8 Å². The average molecular weight is 466 g/mol. The summed E-state index contributed by atoms with van der Waals surface area (Å²) in [6.07, 6.45) is 5.82. The molecule has 4 heterocycles. The first kappa shape index (κ1) is 21.0. The van der Waals surface area contributed by atoms with E-state index < -0.39 is 10.0 Å². The van der Waals surface area contributed by atoms with Gasteiger partial charge in [-0.2, -0.15) is 5.26 Å². The van der Waals surface area contributed by atoms with Crippen LogP contribution in [0.25, 0.3) is 21.9 Å². The molecule has 2 saturated heterocycles. The highest BCUT2D eigenvalue weighted by Crippen LogP contribution is 2.39. The van der Waals surface area contributed by atoms with Crippen LogP contribution >= 0.6 is 0 Å². The zero-order valence-electron chi connectivity index (χ0n) is 18.6. The number of sulfonamides is 1. The lowest BCUT2D eigenvalue weighted by Gasteiger charge is -2.31. The lowest BCUT2D eigenvalue weighted by molar-refractivity contribution is 0.00610. The van der Waals surface area contributed by atoms with Crippen molar-refractivity contribution in [1.82, 2.24) is 18.8 Å². The maximum absolute atomic E-state index is 13.0. The largest absolute Gasteiger partial charge is 0.378 e. The second kappa shape index (κ2) is 7.76. The predicted octanol–water partition coefficient (Wildman–Crippen LogP) is 3.34. The third kappa shape index (κ3) is 3.70. The van der Waals surface area contributed by atoms with Crippen molar-refractivity contribution in [2.75, 3.05) is 25.4 Å². The van der Waals surface area contributed by atoms with Crippen molar-refractivity contribution in [2.24, 2.45) is 5.92 Å². The van der Waals surface area contributed by atoms with Crippen LogP contribution in [0.5, 0.6) is 0 Å². The van der Waals surface area contributed by atoms with Gasteiger partial charge in [0.05, 0.1) is 40.7 Å². The van der Waals surface area contributed by atoms with Gasteiger partial charge < -0.3 is 9.30 Å². The van der Waals surface area contributed by atoms with Gasteiger partial charge in [-0.1, -0.05) is 0 Å². The Kier molecular flexibility index (Phi) is 4.94. The molecule has 6 rings (SSSR count). The van der Waals surface area contributed by atoms with Crippen molar-refractivity contribution in [1.29, 1.82) is 5.26 Å². The smallest absolute Gasteiger partial charge is 0.214 e. The topological polar surface area (TPSA) is 101 Å². The molecule has 172 valence electrons. The van der Waals surface area contributed by atoms with E-state index >= 15 is 0 Å². The van der Waals surface area contributed by atoms with E-state index in [0.29, 0.717) is 31.2 Å². The monoisotopic (exact) mass is 465 g/mol. The molecule has 33 heavy (non-hydrogen) atoms. The van der Waals surface area contributed by atoms with E-state index in [1.807, 2.05) is 12.1 Å². The summed E-state index contributed by atoms with van der Waals surface area (Å²) in [5.41, 5.74) is 3.09. The molecule has 3 aromatic rings. The molecule has 3 aliphatic rings. The summed E-state index contributed by atoms with van der Waals surface area (Å²) in [5.74, 6) is 1.23. The van der Waals surface area contributed by atoms with Crippen LogP contribution in [0.4, 0.5) is 0 Å². The van der Waals surface area contributed by atoms with Crippen molar-refractivity contribution in [3.8, 4) is 6.07 Å². The minimum Gasteiger partial charge on any atom is -0.378 e. The van der Waals surface area contributed by atoms with Crippen molar-refractivity contribution in [3.05, 3.63) is 35.8 Å². The van der Waals surface area contributed by atoms with Crippen molar-refractivity contribution < 1.29 is 13.2 Å². The second-order valence-electron chi connectivity index (χ2n) is 9.77. The minimum atomic E-state index is -3.29. The normalized spacial score (nSPS) is 27.8. The molecule has 3 fully saturated rings. The molecule has 0 bridgehead atoms. The maximum Gasteiger partial charge on any atom is 0.214 e. The highest BCUT2D eigenvalue weighted by atomic mass is 32.2. The zero-order valence-corrected chi connectivity index (χ0v) is 19.5. The van der Waals surface area contributed by atoms with E-state index in [1.165, 1.54) is 0 Å². The predicted molar refractivity (Wildman–Crippen MR) is 124 cm³/mol. The molecule has 1 saturated carbocycles. The van der Waals surface area contributed by atoms with Crippen LogP contribution in [0, 0.1) is 17.2 Å². The number of pyridine rings is 1. The van der Waals surface area contributed by atoms with Gasteiger partial charge in [-0.15, -0.1) is 0 Å². The lowest BCUT2D eigenvalue weighted by Crippen LogP contribution is -2.29. The molecule has 0 unspecified atom stereocenters. The molecule has 2 aliphatic heterocycles. The number of hydrogen-bond acceptors (Lipinski definition) is 6. The molecule has 0 radical (unpaired) electrons. The molecule has 0 N–H and O–H groups in total. The molecule has 1 aliphatic carbocycles. The van der Waals surface area contributed by atoms with Crippen molar-refractivity contribution in [2.45, 2.75) is 50.7 Å². The Balaban J connectivity index is 1.53. The SMILES string of the molecule is C[C@@H]1C[C@H](n2c([C@@H]3CN(CC4CC4)S(=O)(=O)C3)nc3cnc4ccc(C#N)cc4c32)CCO1. The van der Waals surface area contributed by atoms with Crippen LogP contribution in [0.1, 0.15) is 56.0 Å². The quantitative estimate of drug-likeness (QED) is 0.586. The fraction of sp³-hybridized carbons (Fsp3) is 0.542. The van der Waals surface area contributed by atoms with Gasteiger partial charge in [0, 0.05) is 37.0 Å². The first-order chi connectivity index (χ1) is 15.9. The van der Waals surface area contributed by atoms with Gasteiger partial charge >= 0.3 is 0 Å². The van der Waals surface area contributed by atoms with Gasteiger partial charge in [0.2, 0.25) is 10.0 Å². The van der Waals surface area contributed by atoms with Crippen molar-refractivity contribution >= 4 is 32.0 Å². The molecule has 0 spiro atoms. The van der Waals surface area contributed by atoms with E-state index in [9.17, 15) is 13.7 Å². The Morgan fingerprint density at radius 2 is 2.09 bits per heavy atom. The van der Waals surface area contributed by atoms with Crippen LogP contribution < -0.4 is 0 Å². The number of imidazole rings is 1. The van der Waals surface area contributed by atoms with Crippen LogP contribution in [0.15, 0.2) is 24.4 Å². The summed E-state index contributed by atoms with van der Waals surface area (Å²) < 4.78 is 35.7. The average Bonchev–Trinajstić information content (AvgIpc) is 3.45. The summed E-state index contributed by atoms with van der Waals surface area (Å²) in [4.78, 5) is 9.56. The third-order valence-electron chi connectivity index (χ3n) is 7.25. The Morgan fingerprint density at radius 3 is 2.85 bits per heavy atom. The number of nitrogens with zero attached hydrogens (tertiary/aromatic N) is 5. The molecule has 0 amide bonds. The van der Waals surface area contributed by atoms with E-state index in [1.54, 1.807) is 16.6 Å². The maximum atomic E-state index is 13.0. The molecule has 2 aromatic heterocycles. The summed E-state index contributed by atoms with van der Waals surface area (Å²) in [5, 5.41) is 10.4. The van der Waals surface area contributed by atoms with E-state index in [-0.39, 0.29) is 23.8 Å². The Labute approximate surface area is 193 Å². The highest BCUT2D eigenvalue weighted by molar-refractivity contribution is 7.89. The van der Waals surface area contributed by atoms with Gasteiger partial charge in [-0.05, 0) is 56.7 Å². The van der Waals surface area contributed by atoms with Crippen LogP contribution in [-0.2, 0) is 14.8 Å². The number of nitriles is 1. The summed E-state index contributed by atoms with van der Waals surface area (Å²) in [6, 6.07) is 7.91. The number of rotatable bonds is 4. The van der Waals surface area contributed by atoms with Gasteiger partial charge in [0.15, 0.2) is 0 Å². The van der Waals surface area contributed by atoms with Crippen molar-refractivity contribution in [3.63, 3.8) is 0 Å². The van der Waals surface area contributed by atoms with Gasteiger partial charge in [-0.25, -0.2) is 17.7 Å². The number of hydrogen-bond donors (Lipinski definition) is 0. The standard InChI is InChI=1S/C24H27N5O3S/c1-15-8-19(6-7-32-15)29-23-20-9-17(10-25)4-5-21(20)26-11-22(23)27-24(29)18-13-28(12-16-2-3-16)33(30,31)14-18/h4-5,9,11,15-16,18-19H,2-3,6-8,12-14H2,1H3/t15-,18-,19-/m1/s1. The highest BCUT2D eigenvalue weighted by Gasteiger charge is 2.42. The van der Waals surface area contributed by atoms with E-state index in [2.05, 4.69) is 22.5 Å².